The summed E-state index contributed by atoms with van der Waals surface area (Å²) in [4.78, 5) is 18.5. The second-order valence-corrected chi connectivity index (χ2v) is 6.44. The molecule has 23 heavy (non-hydrogen) atoms. The summed E-state index contributed by atoms with van der Waals surface area (Å²) >= 11 is 0. The number of rotatable bonds is 9. The van der Waals surface area contributed by atoms with E-state index in [1.54, 1.807) is 11.9 Å². The van der Waals surface area contributed by atoms with Gasteiger partial charge in [-0.1, -0.05) is 12.8 Å². The van der Waals surface area contributed by atoms with Crippen molar-refractivity contribution in [2.75, 3.05) is 47.4 Å². The van der Waals surface area contributed by atoms with Crippen LogP contribution in [0.4, 0.5) is 0 Å². The largest absolute Gasteiger partial charge is 0.382 e. The van der Waals surface area contributed by atoms with Crippen molar-refractivity contribution < 1.29 is 9.53 Å². The Hall–Kier alpha value is -1.30. The van der Waals surface area contributed by atoms with Gasteiger partial charge in [0, 0.05) is 47.4 Å². The van der Waals surface area contributed by atoms with E-state index in [9.17, 15) is 4.79 Å². The number of hydrogen-bond acceptors (Lipinski definition) is 3. The van der Waals surface area contributed by atoms with Gasteiger partial charge in [0.2, 0.25) is 5.91 Å². The Balaban J connectivity index is 2.38. The van der Waals surface area contributed by atoms with Crippen LogP contribution in [-0.4, -0.2) is 64.2 Å². The van der Waals surface area contributed by atoms with Crippen LogP contribution in [0.15, 0.2) is 4.99 Å². The molecule has 1 amide bonds. The second-order valence-electron chi connectivity index (χ2n) is 6.44. The van der Waals surface area contributed by atoms with Crippen LogP contribution in [0.5, 0.6) is 0 Å². The quantitative estimate of drug-likeness (QED) is 0.384. The first-order chi connectivity index (χ1) is 11.1. The Morgan fingerprint density at radius 1 is 1.22 bits per heavy atom. The third-order valence-electron chi connectivity index (χ3n) is 4.45. The summed E-state index contributed by atoms with van der Waals surface area (Å²) in [6.45, 7) is 5.12. The van der Waals surface area contributed by atoms with E-state index in [0.29, 0.717) is 6.54 Å². The number of aliphatic imine (C=N–C) groups is 1. The lowest BCUT2D eigenvalue weighted by atomic mass is 9.84. The van der Waals surface area contributed by atoms with Crippen molar-refractivity contribution in [1.82, 2.24) is 15.5 Å². The fraction of sp³-hybridized carbons (Fsp3) is 0.882. The summed E-state index contributed by atoms with van der Waals surface area (Å²) in [6, 6.07) is 0. The minimum absolute atomic E-state index is 0.231. The lowest BCUT2D eigenvalue weighted by Crippen LogP contribution is -2.49. The fourth-order valence-electron chi connectivity index (χ4n) is 3.15. The minimum atomic E-state index is -0.268. The number of amides is 1. The summed E-state index contributed by atoms with van der Waals surface area (Å²) < 4.78 is 5.33. The van der Waals surface area contributed by atoms with Gasteiger partial charge in [0.25, 0.3) is 0 Å². The number of hydrogen-bond donors (Lipinski definition) is 2. The molecule has 0 aliphatic heterocycles. The fourth-order valence-corrected chi connectivity index (χ4v) is 3.15. The zero-order valence-electron chi connectivity index (χ0n) is 15.3. The van der Waals surface area contributed by atoms with E-state index in [1.807, 2.05) is 21.0 Å². The number of unbranched alkanes of at least 4 members (excludes halogenated alkanes) is 1. The molecule has 2 N–H and O–H groups in total. The molecule has 0 bridgehead atoms. The van der Waals surface area contributed by atoms with Crippen molar-refractivity contribution in [1.29, 1.82) is 0 Å². The van der Waals surface area contributed by atoms with Crippen molar-refractivity contribution >= 4 is 11.9 Å². The van der Waals surface area contributed by atoms with Crippen LogP contribution in [0.25, 0.3) is 0 Å². The molecule has 1 aliphatic rings. The minimum Gasteiger partial charge on any atom is -0.382 e. The van der Waals surface area contributed by atoms with Crippen LogP contribution in [0.1, 0.15) is 45.4 Å². The van der Waals surface area contributed by atoms with Crippen molar-refractivity contribution in [2.24, 2.45) is 10.4 Å². The average Bonchev–Trinajstić information content (AvgIpc) is 3.02. The molecule has 1 saturated carbocycles. The lowest BCUT2D eigenvalue weighted by Gasteiger charge is -2.31. The van der Waals surface area contributed by atoms with Crippen molar-refractivity contribution in [3.05, 3.63) is 0 Å². The molecule has 0 unspecified atom stereocenters. The molecule has 0 aromatic rings. The molecule has 0 heterocycles. The molecule has 6 heteroatoms. The van der Waals surface area contributed by atoms with Gasteiger partial charge in [-0.3, -0.25) is 9.79 Å². The highest BCUT2D eigenvalue weighted by Crippen LogP contribution is 2.38. The first-order valence-corrected chi connectivity index (χ1v) is 8.80. The summed E-state index contributed by atoms with van der Waals surface area (Å²) in [5.41, 5.74) is -0.268. The highest BCUT2D eigenvalue weighted by molar-refractivity contribution is 5.85. The molecule has 134 valence electrons. The average molecular weight is 326 g/mol. The van der Waals surface area contributed by atoms with Gasteiger partial charge in [-0.05, 0) is 32.6 Å². The third kappa shape index (κ3) is 6.37. The van der Waals surface area contributed by atoms with Gasteiger partial charge in [-0.2, -0.15) is 0 Å². The normalized spacial score (nSPS) is 17.1. The Morgan fingerprint density at radius 3 is 2.48 bits per heavy atom. The van der Waals surface area contributed by atoms with E-state index in [2.05, 4.69) is 15.6 Å². The summed E-state index contributed by atoms with van der Waals surface area (Å²) in [5.74, 6) is 1.01. The molecule has 1 fully saturated rings. The maximum Gasteiger partial charge on any atom is 0.230 e. The zero-order valence-corrected chi connectivity index (χ0v) is 15.3. The predicted octanol–water partition coefficient (Wildman–Crippen LogP) is 1.62. The molecule has 0 aromatic carbocycles. The third-order valence-corrected chi connectivity index (χ3v) is 4.45. The van der Waals surface area contributed by atoms with Gasteiger partial charge in [0.1, 0.15) is 0 Å². The molecule has 0 saturated heterocycles. The highest BCUT2D eigenvalue weighted by Gasteiger charge is 2.42. The number of carbonyl (C=O) groups excluding carboxylic acids is 1. The van der Waals surface area contributed by atoms with E-state index in [4.69, 9.17) is 4.74 Å². The molecular weight excluding hydrogens is 292 g/mol. The first kappa shape index (κ1) is 19.7. The van der Waals surface area contributed by atoms with Gasteiger partial charge in [-0.15, -0.1) is 0 Å². The summed E-state index contributed by atoms with van der Waals surface area (Å²) in [5, 5.41) is 6.66. The van der Waals surface area contributed by atoms with E-state index in [-0.39, 0.29) is 11.3 Å². The van der Waals surface area contributed by atoms with E-state index in [0.717, 1.165) is 64.2 Å². The SMILES string of the molecule is CCOCCCCNC(=NC)NCC1(C(=O)N(C)C)CCCC1. The molecule has 0 atom stereocenters. The maximum atomic E-state index is 12.5. The van der Waals surface area contributed by atoms with Crippen LogP contribution in [0.2, 0.25) is 0 Å². The monoisotopic (exact) mass is 326 g/mol. The molecule has 0 radical (unpaired) electrons. The summed E-state index contributed by atoms with van der Waals surface area (Å²) in [6.07, 6.45) is 6.27. The van der Waals surface area contributed by atoms with Crippen LogP contribution < -0.4 is 10.6 Å². The number of nitrogens with zero attached hydrogens (tertiary/aromatic N) is 2. The van der Waals surface area contributed by atoms with Gasteiger partial charge in [0.05, 0.1) is 5.41 Å². The van der Waals surface area contributed by atoms with Crippen molar-refractivity contribution in [3.63, 3.8) is 0 Å². The van der Waals surface area contributed by atoms with Gasteiger partial charge in [-0.25, -0.2) is 0 Å². The standard InChI is InChI=1S/C17H34N4O2/c1-5-23-13-9-8-12-19-16(18-2)20-14-17(10-6-7-11-17)15(22)21(3)4/h5-14H2,1-4H3,(H2,18,19,20). The molecular formula is C17H34N4O2. The van der Waals surface area contributed by atoms with Crippen molar-refractivity contribution in [2.45, 2.75) is 45.4 Å². The van der Waals surface area contributed by atoms with Crippen LogP contribution in [0.3, 0.4) is 0 Å². The molecule has 0 spiro atoms. The van der Waals surface area contributed by atoms with Gasteiger partial charge >= 0.3 is 0 Å². The van der Waals surface area contributed by atoms with Crippen LogP contribution >= 0.6 is 0 Å². The number of carbonyl (C=O) groups is 1. The number of nitrogens with one attached hydrogen (secondary N) is 2. The van der Waals surface area contributed by atoms with Gasteiger partial charge in [0.15, 0.2) is 5.96 Å². The first-order valence-electron chi connectivity index (χ1n) is 8.80. The van der Waals surface area contributed by atoms with Gasteiger partial charge < -0.3 is 20.3 Å². The predicted molar refractivity (Wildman–Crippen MR) is 94.7 cm³/mol. The Morgan fingerprint density at radius 2 is 1.91 bits per heavy atom. The molecule has 0 aromatic heterocycles. The lowest BCUT2D eigenvalue weighted by molar-refractivity contribution is -0.138. The van der Waals surface area contributed by atoms with Crippen LogP contribution in [0, 0.1) is 5.41 Å². The maximum absolute atomic E-state index is 12.5. The van der Waals surface area contributed by atoms with E-state index >= 15 is 0 Å². The highest BCUT2D eigenvalue weighted by atomic mass is 16.5. The topological polar surface area (TPSA) is 66.0 Å². The van der Waals surface area contributed by atoms with Crippen LogP contribution in [-0.2, 0) is 9.53 Å². The molecule has 1 rings (SSSR count). The summed E-state index contributed by atoms with van der Waals surface area (Å²) in [7, 11) is 5.45. The Labute approximate surface area is 141 Å². The van der Waals surface area contributed by atoms with Crippen molar-refractivity contribution in [3.8, 4) is 0 Å². The molecule has 1 aliphatic carbocycles. The Bertz CT molecular complexity index is 377. The van der Waals surface area contributed by atoms with E-state index in [1.165, 1.54) is 0 Å². The second kappa shape index (κ2) is 10.5. The van der Waals surface area contributed by atoms with E-state index < -0.39 is 0 Å². The Kier molecular flexibility index (Phi) is 8.99. The number of guanidine groups is 1. The zero-order chi connectivity index (χ0) is 17.1. The number of ether oxygens (including phenoxy) is 1. The smallest absolute Gasteiger partial charge is 0.230 e. The molecule has 6 nitrogen and oxygen atoms in total.